The van der Waals surface area contributed by atoms with Crippen molar-refractivity contribution in [1.82, 2.24) is 9.71 Å². The van der Waals surface area contributed by atoms with Gasteiger partial charge in [0.25, 0.3) is 0 Å². The highest BCUT2D eigenvalue weighted by Gasteiger charge is 2.05. The molecule has 1 aromatic rings. The Bertz CT molecular complexity index is 298. The Kier molecular flexibility index (Phi) is 3.63. The van der Waals surface area contributed by atoms with Crippen LogP contribution in [0.25, 0.3) is 0 Å². The second-order valence-electron chi connectivity index (χ2n) is 1.94. The zero-order valence-corrected chi connectivity index (χ0v) is 7.41. The van der Waals surface area contributed by atoms with Crippen LogP contribution in [0.1, 0.15) is 0 Å². The van der Waals surface area contributed by atoms with Crippen LogP contribution in [0.2, 0.25) is 0 Å². The van der Waals surface area contributed by atoms with Crippen LogP contribution in [0.4, 0.5) is 0 Å². The molecular weight excluding hydrogens is 199 g/mol. The Morgan fingerprint density at radius 3 is 3.00 bits per heavy atom. The van der Waals surface area contributed by atoms with Crippen molar-refractivity contribution in [3.63, 3.8) is 0 Å². The van der Waals surface area contributed by atoms with E-state index >= 15 is 0 Å². The van der Waals surface area contributed by atoms with Crippen molar-refractivity contribution >= 4 is 14.2 Å². The van der Waals surface area contributed by atoms with Crippen molar-refractivity contribution in [1.29, 1.82) is 0 Å². The molecule has 0 aliphatic carbocycles. The quantitative estimate of drug-likeness (QED) is 0.651. The Morgan fingerprint density at radius 1 is 1.69 bits per heavy atom. The van der Waals surface area contributed by atoms with Gasteiger partial charge < -0.3 is 9.73 Å². The van der Waals surface area contributed by atoms with Crippen LogP contribution in [0.15, 0.2) is 18.7 Å². The van der Waals surface area contributed by atoms with Crippen molar-refractivity contribution in [2.24, 2.45) is 0 Å². The fraction of sp³-hybridized carbons (Fsp3) is 0.200. The van der Waals surface area contributed by atoms with Gasteiger partial charge in [-0.05, 0) is 0 Å². The zero-order valence-electron chi connectivity index (χ0n) is 6.41. The molecule has 1 rings (SSSR count). The fourth-order valence-electron chi connectivity index (χ4n) is 0.565. The first kappa shape index (κ1) is 9.91. The molecule has 1 N–H and O–H groups in total. The maximum atomic E-state index is 10.8. The van der Waals surface area contributed by atoms with E-state index in [9.17, 15) is 9.36 Å². The van der Waals surface area contributed by atoms with E-state index in [1.165, 1.54) is 18.7 Å². The zero-order chi connectivity index (χ0) is 9.68. The SMILES string of the molecule is O=C(CO[PH](=O)O)On1ccnc1. The Balaban J connectivity index is 2.30. The van der Waals surface area contributed by atoms with Crippen LogP contribution >= 0.6 is 8.25 Å². The van der Waals surface area contributed by atoms with Gasteiger partial charge in [-0.1, -0.05) is 0 Å². The summed E-state index contributed by atoms with van der Waals surface area (Å²) < 4.78 is 15.2. The van der Waals surface area contributed by atoms with Crippen LogP contribution in [0.3, 0.4) is 0 Å². The molecular formula is C5H7N2O5P. The maximum Gasteiger partial charge on any atom is 0.358 e. The topological polar surface area (TPSA) is 90.7 Å². The van der Waals surface area contributed by atoms with Gasteiger partial charge >= 0.3 is 14.2 Å². The van der Waals surface area contributed by atoms with Crippen LogP contribution in [-0.2, 0) is 13.9 Å². The average Bonchev–Trinajstić information content (AvgIpc) is 2.53. The summed E-state index contributed by atoms with van der Waals surface area (Å²) in [5.41, 5.74) is 0. The molecule has 1 aromatic heterocycles. The average molecular weight is 206 g/mol. The molecule has 0 amide bonds. The monoisotopic (exact) mass is 206 g/mol. The second-order valence-corrected chi connectivity index (χ2v) is 2.76. The molecule has 0 saturated carbocycles. The molecule has 0 aliphatic heterocycles. The van der Waals surface area contributed by atoms with Crippen LogP contribution in [-0.4, -0.2) is 27.2 Å². The van der Waals surface area contributed by atoms with Crippen molar-refractivity contribution in [2.45, 2.75) is 0 Å². The number of imidazole rings is 1. The molecule has 0 radical (unpaired) electrons. The summed E-state index contributed by atoms with van der Waals surface area (Å²) in [5, 5.41) is 0. The van der Waals surface area contributed by atoms with Crippen LogP contribution in [0.5, 0.6) is 0 Å². The number of aromatic nitrogens is 2. The third-order valence-corrected chi connectivity index (χ3v) is 1.39. The van der Waals surface area contributed by atoms with Gasteiger partial charge in [0.1, 0.15) is 6.33 Å². The van der Waals surface area contributed by atoms with Gasteiger partial charge in [0.15, 0.2) is 6.61 Å². The lowest BCUT2D eigenvalue weighted by Gasteiger charge is -2.01. The molecule has 7 nitrogen and oxygen atoms in total. The summed E-state index contributed by atoms with van der Waals surface area (Å²) >= 11 is 0. The highest BCUT2D eigenvalue weighted by atomic mass is 31.1. The first-order chi connectivity index (χ1) is 6.18. The van der Waals surface area contributed by atoms with Gasteiger partial charge in [0, 0.05) is 6.20 Å². The van der Waals surface area contributed by atoms with Gasteiger partial charge in [-0.25, -0.2) is 9.78 Å². The molecule has 1 atom stereocenters. The van der Waals surface area contributed by atoms with Gasteiger partial charge in [0.05, 0.1) is 6.20 Å². The van der Waals surface area contributed by atoms with Crippen molar-refractivity contribution in [3.8, 4) is 0 Å². The van der Waals surface area contributed by atoms with Crippen LogP contribution in [0, 0.1) is 0 Å². The smallest absolute Gasteiger partial charge is 0.333 e. The summed E-state index contributed by atoms with van der Waals surface area (Å²) in [6.45, 7) is -0.563. The van der Waals surface area contributed by atoms with Crippen molar-refractivity contribution in [3.05, 3.63) is 18.7 Å². The molecule has 13 heavy (non-hydrogen) atoms. The first-order valence-electron chi connectivity index (χ1n) is 3.23. The minimum atomic E-state index is -3.08. The Morgan fingerprint density at radius 2 is 2.46 bits per heavy atom. The summed E-state index contributed by atoms with van der Waals surface area (Å²) in [6, 6.07) is 0. The summed E-state index contributed by atoms with van der Waals surface area (Å²) in [6.07, 6.45) is 4.09. The number of rotatable bonds is 4. The Hall–Kier alpha value is -1.17. The van der Waals surface area contributed by atoms with E-state index in [1.54, 1.807) is 0 Å². The Labute approximate surface area is 73.8 Å². The third kappa shape index (κ3) is 3.84. The van der Waals surface area contributed by atoms with E-state index in [4.69, 9.17) is 4.89 Å². The largest absolute Gasteiger partial charge is 0.358 e. The lowest BCUT2D eigenvalue weighted by molar-refractivity contribution is -0.146. The predicted molar refractivity (Wildman–Crippen MR) is 41.0 cm³/mol. The summed E-state index contributed by atoms with van der Waals surface area (Å²) in [4.78, 5) is 27.2. The molecule has 0 saturated heterocycles. The lowest BCUT2D eigenvalue weighted by atomic mass is 10.8. The molecule has 0 fully saturated rings. The number of hydrogen-bond donors (Lipinski definition) is 1. The molecule has 0 aliphatic rings. The van der Waals surface area contributed by atoms with Gasteiger partial charge in [-0.15, -0.1) is 0 Å². The molecule has 72 valence electrons. The van der Waals surface area contributed by atoms with E-state index in [1.807, 2.05) is 0 Å². The highest BCUT2D eigenvalue weighted by molar-refractivity contribution is 7.32. The lowest BCUT2D eigenvalue weighted by Crippen LogP contribution is -2.21. The van der Waals surface area contributed by atoms with Crippen LogP contribution < -0.4 is 4.84 Å². The van der Waals surface area contributed by atoms with E-state index in [2.05, 4.69) is 14.3 Å². The second kappa shape index (κ2) is 4.76. The van der Waals surface area contributed by atoms with E-state index in [0.29, 0.717) is 0 Å². The van der Waals surface area contributed by atoms with Crippen molar-refractivity contribution < 1.29 is 23.6 Å². The molecule has 0 bridgehead atoms. The normalized spacial score (nSPS) is 12.4. The highest BCUT2D eigenvalue weighted by Crippen LogP contribution is 2.12. The molecule has 8 heteroatoms. The van der Waals surface area contributed by atoms with Gasteiger partial charge in [-0.2, -0.15) is 4.73 Å². The number of carbonyl (C=O) groups excluding carboxylic acids is 1. The summed E-state index contributed by atoms with van der Waals surface area (Å²) in [5.74, 6) is -0.773. The van der Waals surface area contributed by atoms with Crippen molar-refractivity contribution in [2.75, 3.05) is 6.61 Å². The van der Waals surface area contributed by atoms with E-state index in [0.717, 1.165) is 4.73 Å². The number of carbonyl (C=O) groups is 1. The molecule has 1 heterocycles. The minimum absolute atomic E-state index is 0.563. The third-order valence-electron chi connectivity index (χ3n) is 1.00. The molecule has 0 spiro atoms. The van der Waals surface area contributed by atoms with E-state index in [-0.39, 0.29) is 0 Å². The fourth-order valence-corrected chi connectivity index (χ4v) is 0.807. The number of nitrogens with zero attached hydrogens (tertiary/aromatic N) is 2. The standard InChI is InChI=1S/C5H7N2O5P/c8-5(3-11-13(9)10)12-7-2-1-6-4-7/h1-2,4,13H,3H2,(H,9,10). The predicted octanol–water partition coefficient (Wildman–Crippen LogP) is -0.763. The molecule has 1 unspecified atom stereocenters. The van der Waals surface area contributed by atoms with Gasteiger partial charge in [-0.3, -0.25) is 9.09 Å². The maximum absolute atomic E-state index is 10.8. The van der Waals surface area contributed by atoms with Gasteiger partial charge in [0.2, 0.25) is 0 Å². The first-order valence-corrected chi connectivity index (χ1v) is 4.49. The number of hydrogen-bond acceptors (Lipinski definition) is 5. The van der Waals surface area contributed by atoms with E-state index < -0.39 is 20.8 Å². The summed E-state index contributed by atoms with van der Waals surface area (Å²) in [7, 11) is -3.08. The minimum Gasteiger partial charge on any atom is -0.333 e. The molecule has 0 aromatic carbocycles.